The molecular formula is Ba2CaO6W. The molecule has 0 unspecified atom stereocenters. The molecule has 10 heteroatoms. The van der Waals surface area contributed by atoms with Gasteiger partial charge in [-0.3, -0.25) is 0 Å². The van der Waals surface area contributed by atoms with E-state index < -0.39 is 17.2 Å². The molecule has 0 spiro atoms. The van der Waals surface area contributed by atoms with E-state index in [1.807, 2.05) is 0 Å². The third kappa shape index (κ3) is 93.2. The van der Waals surface area contributed by atoms with Crippen LogP contribution in [0.15, 0.2) is 0 Å². The first-order valence-electron chi connectivity index (χ1n) is 1.37. The van der Waals surface area contributed by atoms with Gasteiger partial charge in [0.25, 0.3) is 0 Å². The van der Waals surface area contributed by atoms with E-state index >= 15 is 0 Å². The van der Waals surface area contributed by atoms with Crippen LogP contribution in [0.2, 0.25) is 0 Å². The van der Waals surface area contributed by atoms with Gasteiger partial charge in [0, 0.05) is 0 Å². The van der Waals surface area contributed by atoms with E-state index in [4.69, 9.17) is 11.7 Å². The van der Waals surface area contributed by atoms with Crippen LogP contribution in [0.25, 0.3) is 0 Å². The zero-order chi connectivity index (χ0) is 9.58. The molecule has 0 rings (SSSR count). The Hall–Kier alpha value is 3.89. The minimum absolute atomic E-state index is 0.125. The molecule has 0 aliphatic carbocycles. The van der Waals surface area contributed by atoms with E-state index in [1.54, 1.807) is 0 Å². The first-order chi connectivity index (χ1) is 4.73. The van der Waals surface area contributed by atoms with Crippen molar-refractivity contribution in [2.75, 3.05) is 0 Å². The topological polar surface area (TPSA) is 102 Å². The zero-order valence-corrected chi connectivity index (χ0v) is 19.0. The molecular weight excluding hydrogens is 595 g/mol. The van der Waals surface area contributed by atoms with E-state index in [9.17, 15) is 0 Å². The molecule has 0 aromatic heterocycles. The molecule has 6 nitrogen and oxygen atoms in total. The van der Waals surface area contributed by atoms with Gasteiger partial charge in [0.2, 0.25) is 0 Å². The average molecular weight is 595 g/mol. The Morgan fingerprint density at radius 1 is 0.800 bits per heavy atom. The third-order valence-corrected chi connectivity index (χ3v) is 0. The second kappa shape index (κ2) is 38.4. The van der Waals surface area contributed by atoms with Crippen LogP contribution in [0, 0.1) is 0 Å². The van der Waals surface area contributed by atoms with Crippen LogP contribution >= 0.6 is 0 Å². The SMILES string of the molecule is [O]=[Ba].[O]=[Ba].[O]=[Ca].[O]=[W](=[O])=[O]. The molecule has 0 bridgehead atoms. The van der Waals surface area contributed by atoms with Crippen molar-refractivity contribution in [1.29, 1.82) is 0 Å². The summed E-state index contributed by atoms with van der Waals surface area (Å²) in [5, 5.41) is 0. The van der Waals surface area contributed by atoms with Crippen molar-refractivity contribution in [3.63, 3.8) is 0 Å². The fraction of sp³-hybridized carbons (Fsp3) is 0. The van der Waals surface area contributed by atoms with Gasteiger partial charge in [0.1, 0.15) is 0 Å². The molecule has 48 valence electrons. The molecule has 0 amide bonds. The van der Waals surface area contributed by atoms with E-state index in [0.717, 1.165) is 0 Å². The first kappa shape index (κ1) is 23.6. The third-order valence-electron chi connectivity index (χ3n) is 0. The van der Waals surface area contributed by atoms with E-state index in [-0.39, 0.29) is 129 Å². The second-order valence-electron chi connectivity index (χ2n) is 0.204. The van der Waals surface area contributed by atoms with E-state index in [2.05, 4.69) is 0 Å². The number of hydrogen-bond donors (Lipinski definition) is 0. The number of hydrogen-bond acceptors (Lipinski definition) is 6. The van der Waals surface area contributed by atoms with Crippen molar-refractivity contribution < 1.29 is 28.9 Å². The summed E-state index contributed by atoms with van der Waals surface area (Å²) in [6.07, 6.45) is 0. The summed E-state index contributed by atoms with van der Waals surface area (Å²) in [4.78, 5) is 0. The summed E-state index contributed by atoms with van der Waals surface area (Å²) < 4.78 is 51.1. The second-order valence-corrected chi connectivity index (χ2v) is 1.67. The standard InChI is InChI=1S/2Ba.Ca.6O.W. The van der Waals surface area contributed by atoms with Crippen molar-refractivity contribution in [1.82, 2.24) is 0 Å². The summed E-state index contributed by atoms with van der Waals surface area (Å²) in [7, 11) is 0. The molecule has 0 aliphatic heterocycles. The Balaban J connectivity index is -0.0000000262. The number of rotatable bonds is 0. The first-order valence-corrected chi connectivity index (χ1v) is 9.49. The van der Waals surface area contributed by atoms with Gasteiger partial charge >= 0.3 is 158 Å². The van der Waals surface area contributed by atoms with Crippen LogP contribution < -0.4 is 0 Å². The monoisotopic (exact) mass is 596 g/mol. The van der Waals surface area contributed by atoms with Gasteiger partial charge in [-0.1, -0.05) is 0 Å². The Labute approximate surface area is 153 Å². The molecule has 0 aliphatic rings. The summed E-state index contributed by atoms with van der Waals surface area (Å²) in [5.74, 6) is 0. The quantitative estimate of drug-likeness (QED) is 0.305. The van der Waals surface area contributed by atoms with Gasteiger partial charge in [0.15, 0.2) is 0 Å². The van der Waals surface area contributed by atoms with Crippen molar-refractivity contribution in [3.8, 4) is 0 Å². The summed E-state index contributed by atoms with van der Waals surface area (Å²) >= 11 is -4.60. The van der Waals surface area contributed by atoms with Gasteiger partial charge in [-0.2, -0.15) is 0 Å². The summed E-state index contributed by atoms with van der Waals surface area (Å²) in [6, 6.07) is 0. The molecule has 0 heterocycles. The molecule has 0 atom stereocenters. The van der Waals surface area contributed by atoms with Crippen molar-refractivity contribution in [3.05, 3.63) is 0 Å². The van der Waals surface area contributed by atoms with E-state index in [0.29, 0.717) is 0 Å². The van der Waals surface area contributed by atoms with Crippen LogP contribution in [0.5, 0.6) is 0 Å². The molecule has 0 aromatic carbocycles. The molecule has 0 fully saturated rings. The van der Waals surface area contributed by atoms with Gasteiger partial charge in [-0.05, 0) is 0 Å². The predicted octanol–water partition coefficient (Wildman–Crippen LogP) is -1.86. The van der Waals surface area contributed by atoms with Gasteiger partial charge in [-0.15, -0.1) is 0 Å². The molecule has 0 N–H and O–H groups in total. The van der Waals surface area contributed by atoms with Crippen molar-refractivity contribution in [2.45, 2.75) is 0 Å². The average Bonchev–Trinajstić information content (AvgIpc) is 1.98. The minimum atomic E-state index is -4.28. The summed E-state index contributed by atoms with van der Waals surface area (Å²) in [5.41, 5.74) is 0. The van der Waals surface area contributed by atoms with Crippen molar-refractivity contribution in [2.24, 2.45) is 0 Å². The van der Waals surface area contributed by atoms with Crippen LogP contribution in [0.1, 0.15) is 0 Å². The molecule has 0 radical (unpaired) electrons. The fourth-order valence-electron chi connectivity index (χ4n) is 0. The maximum atomic E-state index is 8.61. The summed E-state index contributed by atoms with van der Waals surface area (Å²) in [6.45, 7) is 0. The zero-order valence-electron chi connectivity index (χ0n) is 4.98. The van der Waals surface area contributed by atoms with Crippen molar-refractivity contribution >= 4 is 129 Å². The van der Waals surface area contributed by atoms with E-state index in [1.165, 1.54) is 0 Å². The molecule has 0 saturated heterocycles. The van der Waals surface area contributed by atoms with Gasteiger partial charge in [-0.25, -0.2) is 0 Å². The van der Waals surface area contributed by atoms with Crippen LogP contribution in [-0.2, 0) is 28.9 Å². The molecule has 0 saturated carbocycles. The molecule has 0 aromatic rings. The Kier molecular flexibility index (Phi) is 90.6. The van der Waals surface area contributed by atoms with Crippen LogP contribution in [0.4, 0.5) is 0 Å². The fourth-order valence-corrected chi connectivity index (χ4v) is 0. The maximum absolute atomic E-state index is 8.61. The van der Waals surface area contributed by atoms with Gasteiger partial charge in [0.05, 0.1) is 0 Å². The Morgan fingerprint density at radius 2 is 0.800 bits per heavy atom. The predicted molar refractivity (Wildman–Crippen MR) is 21.4 cm³/mol. The normalized spacial score (nSPS) is 4.20. The Morgan fingerprint density at radius 3 is 0.800 bits per heavy atom. The Bertz CT molecular complexity index is 113. The molecule has 10 heavy (non-hydrogen) atoms. The van der Waals surface area contributed by atoms with Crippen LogP contribution in [0.3, 0.4) is 0 Å². The van der Waals surface area contributed by atoms with Gasteiger partial charge < -0.3 is 0 Å². The van der Waals surface area contributed by atoms with Crippen LogP contribution in [-0.4, -0.2) is 129 Å².